The molecule has 0 radical (unpaired) electrons. The third kappa shape index (κ3) is 51.8. The van der Waals surface area contributed by atoms with Crippen molar-refractivity contribution in [3.05, 3.63) is 72.9 Å². The van der Waals surface area contributed by atoms with Gasteiger partial charge < -0.3 is 14.2 Å². The van der Waals surface area contributed by atoms with Crippen LogP contribution >= 0.6 is 0 Å². The van der Waals surface area contributed by atoms with Crippen LogP contribution in [0.5, 0.6) is 0 Å². The van der Waals surface area contributed by atoms with Gasteiger partial charge in [0.2, 0.25) is 0 Å². The van der Waals surface area contributed by atoms with Gasteiger partial charge in [0.1, 0.15) is 13.2 Å². The number of rotatable bonds is 50. The Kier molecular flexibility index (Phi) is 51.9. The van der Waals surface area contributed by atoms with Gasteiger partial charge in [-0.3, -0.25) is 14.4 Å². The molecular formula is C60H104O6. The van der Waals surface area contributed by atoms with Gasteiger partial charge in [-0.2, -0.15) is 0 Å². The monoisotopic (exact) mass is 921 g/mol. The number of esters is 3. The number of allylic oxidation sites excluding steroid dienone is 12. The Morgan fingerprint density at radius 3 is 1.05 bits per heavy atom. The minimum atomic E-state index is -0.806. The van der Waals surface area contributed by atoms with Crippen LogP contribution < -0.4 is 0 Å². The summed E-state index contributed by atoms with van der Waals surface area (Å²) < 4.78 is 16.8. The maximum atomic E-state index is 12.8. The third-order valence-corrected chi connectivity index (χ3v) is 11.9. The summed E-state index contributed by atoms with van der Waals surface area (Å²) in [4.78, 5) is 38.0. The zero-order valence-corrected chi connectivity index (χ0v) is 43.4. The van der Waals surface area contributed by atoms with Crippen molar-refractivity contribution in [1.82, 2.24) is 0 Å². The van der Waals surface area contributed by atoms with Gasteiger partial charge in [-0.05, 0) is 77.0 Å². The lowest BCUT2D eigenvalue weighted by molar-refractivity contribution is -0.167. The first-order valence-corrected chi connectivity index (χ1v) is 27.9. The molecule has 6 heteroatoms. The molecule has 0 bridgehead atoms. The average Bonchev–Trinajstić information content (AvgIpc) is 3.31. The highest BCUT2D eigenvalue weighted by Gasteiger charge is 2.19. The van der Waals surface area contributed by atoms with Crippen molar-refractivity contribution < 1.29 is 28.6 Å². The molecule has 0 aromatic heterocycles. The van der Waals surface area contributed by atoms with E-state index in [1.165, 1.54) is 128 Å². The predicted octanol–water partition coefficient (Wildman–Crippen LogP) is 18.6. The summed E-state index contributed by atoms with van der Waals surface area (Å²) in [5.41, 5.74) is 0. The highest BCUT2D eigenvalue weighted by molar-refractivity contribution is 5.71. The fourth-order valence-electron chi connectivity index (χ4n) is 7.78. The molecule has 0 saturated carbocycles. The molecule has 0 amide bonds. The molecule has 0 saturated heterocycles. The number of hydrogen-bond donors (Lipinski definition) is 0. The third-order valence-electron chi connectivity index (χ3n) is 11.9. The zero-order chi connectivity index (χ0) is 47.9. The molecule has 66 heavy (non-hydrogen) atoms. The van der Waals surface area contributed by atoms with E-state index in [-0.39, 0.29) is 37.5 Å². The number of carbonyl (C=O) groups excluding carboxylic acids is 3. The fourth-order valence-corrected chi connectivity index (χ4v) is 7.78. The van der Waals surface area contributed by atoms with E-state index in [2.05, 4.69) is 93.7 Å². The molecule has 0 aromatic rings. The molecule has 1 atom stereocenters. The summed E-state index contributed by atoms with van der Waals surface area (Å²) >= 11 is 0. The maximum Gasteiger partial charge on any atom is 0.306 e. The van der Waals surface area contributed by atoms with E-state index < -0.39 is 6.10 Å². The van der Waals surface area contributed by atoms with Crippen molar-refractivity contribution in [3.63, 3.8) is 0 Å². The van der Waals surface area contributed by atoms with Crippen molar-refractivity contribution >= 4 is 17.9 Å². The molecule has 0 spiro atoms. The SMILES string of the molecule is CC/C=C\C/C=C\C/C=C\C/C=C\C/C=C\CCCC(=O)OC(COC(=O)CCCCCCC/C=C\CCC)COC(=O)CCCCCCCCCCCCCCCCCCCCCCC. The molecule has 0 aromatic carbocycles. The van der Waals surface area contributed by atoms with Crippen LogP contribution in [0.3, 0.4) is 0 Å². The molecule has 0 rings (SSSR count). The van der Waals surface area contributed by atoms with Crippen LogP contribution in [0.2, 0.25) is 0 Å². The number of unbranched alkanes of at least 4 members (excludes halogenated alkanes) is 27. The van der Waals surface area contributed by atoms with Crippen molar-refractivity contribution in [2.75, 3.05) is 13.2 Å². The van der Waals surface area contributed by atoms with Gasteiger partial charge in [-0.15, -0.1) is 0 Å². The Bertz CT molecular complexity index is 1240. The van der Waals surface area contributed by atoms with Gasteiger partial charge in [0.25, 0.3) is 0 Å². The lowest BCUT2D eigenvalue weighted by atomic mass is 10.0. The Hall–Kier alpha value is -3.15. The second-order valence-corrected chi connectivity index (χ2v) is 18.5. The largest absolute Gasteiger partial charge is 0.462 e. The second-order valence-electron chi connectivity index (χ2n) is 18.5. The van der Waals surface area contributed by atoms with E-state index in [1.54, 1.807) is 0 Å². The van der Waals surface area contributed by atoms with Gasteiger partial charge in [0.05, 0.1) is 0 Å². The van der Waals surface area contributed by atoms with Crippen molar-refractivity contribution in [3.8, 4) is 0 Å². The predicted molar refractivity (Wildman–Crippen MR) is 284 cm³/mol. The van der Waals surface area contributed by atoms with Gasteiger partial charge in [0, 0.05) is 19.3 Å². The summed E-state index contributed by atoms with van der Waals surface area (Å²) in [5.74, 6) is -0.962. The molecule has 0 heterocycles. The summed E-state index contributed by atoms with van der Waals surface area (Å²) in [6.07, 6.45) is 69.1. The minimum Gasteiger partial charge on any atom is -0.462 e. The van der Waals surface area contributed by atoms with Gasteiger partial charge in [-0.1, -0.05) is 248 Å². The van der Waals surface area contributed by atoms with E-state index in [0.29, 0.717) is 19.3 Å². The molecule has 0 aliphatic carbocycles. The molecule has 0 aliphatic heterocycles. The molecule has 0 aliphatic rings. The first-order chi connectivity index (χ1) is 32.5. The standard InChI is InChI=1S/C60H104O6/c1-4-7-10-13-16-19-22-24-26-28-29-30-31-33-34-36-38-41-44-47-50-53-59(62)65-56-57(55-64-58(61)52-49-46-43-40-21-18-15-12-9-6-3)66-60(63)54-51-48-45-42-39-37-35-32-27-25-23-20-17-14-11-8-5-2/h8,11-12,15,17,20,25,27,35,37,42,45,57H,4-7,9-10,13-14,16,18-19,21-24,26,28-34,36,38-41,43-44,46-56H2,1-3H3/b11-8-,15-12-,20-17-,27-25-,37-35-,45-42-. The molecular weight excluding hydrogens is 817 g/mol. The first kappa shape index (κ1) is 62.8. The Balaban J connectivity index is 4.35. The van der Waals surface area contributed by atoms with Gasteiger partial charge in [-0.25, -0.2) is 0 Å². The zero-order valence-electron chi connectivity index (χ0n) is 43.4. The summed E-state index contributed by atoms with van der Waals surface area (Å²) in [7, 11) is 0. The van der Waals surface area contributed by atoms with Crippen LogP contribution in [-0.4, -0.2) is 37.2 Å². The quantitative estimate of drug-likeness (QED) is 0.0262. The van der Waals surface area contributed by atoms with Crippen LogP contribution in [0.1, 0.15) is 271 Å². The van der Waals surface area contributed by atoms with E-state index >= 15 is 0 Å². The van der Waals surface area contributed by atoms with Crippen LogP contribution in [-0.2, 0) is 28.6 Å². The van der Waals surface area contributed by atoms with E-state index in [9.17, 15) is 14.4 Å². The lowest BCUT2D eigenvalue weighted by Crippen LogP contribution is -2.30. The number of hydrogen-bond acceptors (Lipinski definition) is 6. The Morgan fingerprint density at radius 2 is 0.636 bits per heavy atom. The van der Waals surface area contributed by atoms with Crippen LogP contribution in [0.4, 0.5) is 0 Å². The number of ether oxygens (including phenoxy) is 3. The van der Waals surface area contributed by atoms with E-state index in [4.69, 9.17) is 14.2 Å². The smallest absolute Gasteiger partial charge is 0.306 e. The van der Waals surface area contributed by atoms with Gasteiger partial charge >= 0.3 is 17.9 Å². The van der Waals surface area contributed by atoms with Gasteiger partial charge in [0.15, 0.2) is 6.10 Å². The number of carbonyl (C=O) groups is 3. The highest BCUT2D eigenvalue weighted by atomic mass is 16.6. The summed E-state index contributed by atoms with van der Waals surface area (Å²) in [6.45, 7) is 6.43. The molecule has 0 fully saturated rings. The van der Waals surface area contributed by atoms with Crippen LogP contribution in [0.15, 0.2) is 72.9 Å². The summed E-state index contributed by atoms with van der Waals surface area (Å²) in [6, 6.07) is 0. The van der Waals surface area contributed by atoms with E-state index in [0.717, 1.165) is 96.3 Å². The fraction of sp³-hybridized carbons (Fsp3) is 0.750. The molecule has 380 valence electrons. The molecule has 1 unspecified atom stereocenters. The maximum absolute atomic E-state index is 12.8. The van der Waals surface area contributed by atoms with Crippen LogP contribution in [0, 0.1) is 0 Å². The van der Waals surface area contributed by atoms with Crippen molar-refractivity contribution in [1.29, 1.82) is 0 Å². The van der Waals surface area contributed by atoms with Crippen molar-refractivity contribution in [2.45, 2.75) is 277 Å². The normalized spacial score (nSPS) is 12.6. The topological polar surface area (TPSA) is 78.9 Å². The van der Waals surface area contributed by atoms with Crippen molar-refractivity contribution in [2.24, 2.45) is 0 Å². The summed E-state index contributed by atoms with van der Waals surface area (Å²) in [5, 5.41) is 0. The highest BCUT2D eigenvalue weighted by Crippen LogP contribution is 2.16. The molecule has 6 nitrogen and oxygen atoms in total. The lowest BCUT2D eigenvalue weighted by Gasteiger charge is -2.18. The van der Waals surface area contributed by atoms with Crippen LogP contribution in [0.25, 0.3) is 0 Å². The molecule has 0 N–H and O–H groups in total. The van der Waals surface area contributed by atoms with E-state index in [1.807, 2.05) is 0 Å². The second kappa shape index (κ2) is 54.5. The minimum absolute atomic E-state index is 0.0986. The first-order valence-electron chi connectivity index (χ1n) is 27.9. The Morgan fingerprint density at radius 1 is 0.318 bits per heavy atom. The Labute approximate surface area is 408 Å². The average molecular weight is 921 g/mol.